The molecule has 3 rings (SSSR count). The van der Waals surface area contributed by atoms with Crippen molar-refractivity contribution in [1.29, 1.82) is 4.78 Å². The van der Waals surface area contributed by atoms with E-state index in [9.17, 15) is 12.6 Å². The van der Waals surface area contributed by atoms with Crippen molar-refractivity contribution in [1.82, 2.24) is 14.1 Å². The fourth-order valence-electron chi connectivity index (χ4n) is 2.26. The summed E-state index contributed by atoms with van der Waals surface area (Å²) in [5, 5.41) is 0.0500. The third-order valence-corrected chi connectivity index (χ3v) is 6.00. The number of aromatic nitrogens is 2. The summed E-state index contributed by atoms with van der Waals surface area (Å²) in [4.78, 5) is 4.44. The Bertz CT molecular complexity index is 1100. The molecule has 9 heteroatoms. The van der Waals surface area contributed by atoms with E-state index in [2.05, 4.69) is 9.71 Å². The monoisotopic (exact) mass is 364 g/mol. The second-order valence-corrected chi connectivity index (χ2v) is 9.21. The Morgan fingerprint density at radius 3 is 2.71 bits per heavy atom. The highest BCUT2D eigenvalue weighted by molar-refractivity contribution is 7.91. The van der Waals surface area contributed by atoms with Gasteiger partial charge >= 0.3 is 0 Å². The van der Waals surface area contributed by atoms with Crippen LogP contribution >= 0.6 is 0 Å². The standard InChI is InChI=1S/C15H16N4O3S2/c1-23(16,20)13-6-4-5-12(9-13)10-18-24(21,22)15-11-17-14-7-2-3-8-19(14)15/h2-9,11,16,18H,10H2,1H3. The summed E-state index contributed by atoms with van der Waals surface area (Å²) >= 11 is 0. The first-order valence-corrected chi connectivity index (χ1v) is 10.5. The van der Waals surface area contributed by atoms with E-state index in [0.29, 0.717) is 16.1 Å². The predicted octanol–water partition coefficient (Wildman–Crippen LogP) is 1.85. The van der Waals surface area contributed by atoms with Gasteiger partial charge in [-0.05, 0) is 29.8 Å². The first kappa shape index (κ1) is 16.6. The van der Waals surface area contributed by atoms with E-state index in [1.165, 1.54) is 16.9 Å². The molecule has 2 aromatic heterocycles. The van der Waals surface area contributed by atoms with E-state index in [0.717, 1.165) is 0 Å². The van der Waals surface area contributed by atoms with Crippen LogP contribution in [-0.2, 0) is 26.3 Å². The van der Waals surface area contributed by atoms with Gasteiger partial charge in [0.15, 0.2) is 5.03 Å². The van der Waals surface area contributed by atoms with Crippen molar-refractivity contribution in [3.05, 3.63) is 60.4 Å². The van der Waals surface area contributed by atoms with Gasteiger partial charge in [-0.3, -0.25) is 4.40 Å². The van der Waals surface area contributed by atoms with Crippen molar-refractivity contribution in [3.8, 4) is 0 Å². The Morgan fingerprint density at radius 1 is 1.17 bits per heavy atom. The lowest BCUT2D eigenvalue weighted by molar-refractivity contribution is 0.576. The molecular formula is C15H16N4O3S2. The molecule has 2 N–H and O–H groups in total. The van der Waals surface area contributed by atoms with E-state index in [-0.39, 0.29) is 11.6 Å². The van der Waals surface area contributed by atoms with Crippen LogP contribution in [0.3, 0.4) is 0 Å². The maximum absolute atomic E-state index is 12.5. The topological polar surface area (TPSA) is 104 Å². The largest absolute Gasteiger partial charge is 0.289 e. The molecule has 0 fully saturated rings. The molecule has 0 aliphatic carbocycles. The highest BCUT2D eigenvalue weighted by Crippen LogP contribution is 2.15. The molecule has 0 radical (unpaired) electrons. The van der Waals surface area contributed by atoms with Gasteiger partial charge in [0.25, 0.3) is 10.0 Å². The van der Waals surface area contributed by atoms with E-state index < -0.39 is 19.8 Å². The SMILES string of the molecule is CS(=N)(=O)c1cccc(CNS(=O)(=O)c2cnc3ccccn23)c1. The minimum atomic E-state index is -3.76. The van der Waals surface area contributed by atoms with Crippen molar-refractivity contribution in [2.45, 2.75) is 16.5 Å². The number of imidazole rings is 1. The van der Waals surface area contributed by atoms with E-state index in [4.69, 9.17) is 4.78 Å². The summed E-state index contributed by atoms with van der Waals surface area (Å²) < 4.78 is 48.4. The normalized spacial score (nSPS) is 14.5. The maximum Gasteiger partial charge on any atom is 0.258 e. The number of hydrogen-bond donors (Lipinski definition) is 2. The van der Waals surface area contributed by atoms with Crippen molar-refractivity contribution >= 4 is 25.4 Å². The highest BCUT2D eigenvalue weighted by Gasteiger charge is 2.19. The quantitative estimate of drug-likeness (QED) is 0.721. The van der Waals surface area contributed by atoms with Gasteiger partial charge in [-0.1, -0.05) is 18.2 Å². The third-order valence-electron chi connectivity index (χ3n) is 3.47. The van der Waals surface area contributed by atoms with Gasteiger partial charge in [-0.2, -0.15) is 0 Å². The lowest BCUT2D eigenvalue weighted by Crippen LogP contribution is -2.24. The van der Waals surface area contributed by atoms with Crippen LogP contribution in [0.5, 0.6) is 0 Å². The van der Waals surface area contributed by atoms with Gasteiger partial charge in [0.2, 0.25) is 0 Å². The minimum absolute atomic E-state index is 0.0335. The molecule has 3 aromatic rings. The van der Waals surface area contributed by atoms with E-state index in [1.807, 2.05) is 0 Å². The molecule has 24 heavy (non-hydrogen) atoms. The average Bonchev–Trinajstić information content (AvgIpc) is 2.97. The van der Waals surface area contributed by atoms with E-state index in [1.54, 1.807) is 48.7 Å². The lowest BCUT2D eigenvalue weighted by atomic mass is 10.2. The predicted molar refractivity (Wildman–Crippen MR) is 90.7 cm³/mol. The molecule has 0 saturated heterocycles. The molecule has 1 aromatic carbocycles. The Kier molecular flexibility index (Phi) is 4.16. The second-order valence-electron chi connectivity index (χ2n) is 5.34. The zero-order chi connectivity index (χ0) is 17.4. The Hall–Kier alpha value is -2.23. The molecule has 7 nitrogen and oxygen atoms in total. The van der Waals surface area contributed by atoms with Crippen LogP contribution in [0.1, 0.15) is 5.56 Å². The number of sulfonamides is 1. The third kappa shape index (κ3) is 3.32. The fourth-order valence-corrected chi connectivity index (χ4v) is 4.08. The van der Waals surface area contributed by atoms with Crippen LogP contribution in [0.2, 0.25) is 0 Å². The van der Waals surface area contributed by atoms with Gasteiger partial charge < -0.3 is 0 Å². The van der Waals surface area contributed by atoms with Crippen molar-refractivity contribution in [2.75, 3.05) is 6.26 Å². The molecule has 0 aliphatic heterocycles. The van der Waals surface area contributed by atoms with Gasteiger partial charge in [0, 0.05) is 23.9 Å². The van der Waals surface area contributed by atoms with Crippen LogP contribution in [0.15, 0.2) is 64.8 Å². The zero-order valence-corrected chi connectivity index (χ0v) is 14.5. The minimum Gasteiger partial charge on any atom is -0.289 e. The average molecular weight is 364 g/mol. The van der Waals surface area contributed by atoms with Gasteiger partial charge in [-0.15, -0.1) is 0 Å². The van der Waals surface area contributed by atoms with Crippen molar-refractivity contribution < 1.29 is 12.6 Å². The number of rotatable bonds is 5. The molecule has 0 spiro atoms. The molecule has 1 atom stereocenters. The molecular weight excluding hydrogens is 348 g/mol. The molecule has 0 saturated carbocycles. The lowest BCUT2D eigenvalue weighted by Gasteiger charge is -2.08. The molecule has 0 amide bonds. The summed E-state index contributed by atoms with van der Waals surface area (Å²) in [5.41, 5.74) is 1.17. The Balaban J connectivity index is 1.86. The number of fused-ring (bicyclic) bond motifs is 1. The summed E-state index contributed by atoms with van der Waals surface area (Å²) in [5.74, 6) is 0. The van der Waals surface area contributed by atoms with Crippen molar-refractivity contribution in [3.63, 3.8) is 0 Å². The van der Waals surface area contributed by atoms with Gasteiger partial charge in [0.05, 0.1) is 15.9 Å². The first-order valence-electron chi connectivity index (χ1n) is 7.02. The Morgan fingerprint density at radius 2 is 1.96 bits per heavy atom. The van der Waals surface area contributed by atoms with Crippen LogP contribution in [0.25, 0.3) is 5.65 Å². The summed E-state index contributed by atoms with van der Waals surface area (Å²) in [7, 11) is -6.60. The summed E-state index contributed by atoms with van der Waals surface area (Å²) in [6.45, 7) is 0.0335. The van der Waals surface area contributed by atoms with Crippen molar-refractivity contribution in [2.24, 2.45) is 0 Å². The highest BCUT2D eigenvalue weighted by atomic mass is 32.2. The summed E-state index contributed by atoms with van der Waals surface area (Å²) in [6.07, 6.45) is 4.26. The fraction of sp³-hybridized carbons (Fsp3) is 0.133. The van der Waals surface area contributed by atoms with Crippen LogP contribution in [-0.4, -0.2) is 28.3 Å². The Labute approximate surface area is 140 Å². The number of pyridine rings is 1. The smallest absolute Gasteiger partial charge is 0.258 e. The number of benzene rings is 1. The molecule has 0 aliphatic rings. The van der Waals surface area contributed by atoms with Crippen LogP contribution in [0, 0.1) is 4.78 Å². The van der Waals surface area contributed by atoms with Crippen LogP contribution in [0.4, 0.5) is 0 Å². The molecule has 2 heterocycles. The maximum atomic E-state index is 12.5. The van der Waals surface area contributed by atoms with Gasteiger partial charge in [0.1, 0.15) is 5.65 Å². The molecule has 126 valence electrons. The number of hydrogen-bond acceptors (Lipinski definition) is 5. The second kappa shape index (κ2) is 6.00. The van der Waals surface area contributed by atoms with Gasteiger partial charge in [-0.25, -0.2) is 27.1 Å². The molecule has 1 unspecified atom stereocenters. The van der Waals surface area contributed by atoms with E-state index >= 15 is 0 Å². The first-order chi connectivity index (χ1) is 11.3. The summed E-state index contributed by atoms with van der Waals surface area (Å²) in [6, 6.07) is 11.8. The number of nitrogens with one attached hydrogen (secondary N) is 2. The number of nitrogens with zero attached hydrogens (tertiary/aromatic N) is 2. The molecule has 0 bridgehead atoms. The van der Waals surface area contributed by atoms with Crippen LogP contribution < -0.4 is 4.72 Å². The zero-order valence-electron chi connectivity index (χ0n) is 12.8.